The Labute approximate surface area is 106 Å². The lowest BCUT2D eigenvalue weighted by Gasteiger charge is -2.40. The Balaban J connectivity index is 4.60. The van der Waals surface area contributed by atoms with Gasteiger partial charge in [0.15, 0.2) is 5.35 Å². The van der Waals surface area contributed by atoms with Crippen LogP contribution in [0.25, 0.3) is 0 Å². The van der Waals surface area contributed by atoms with Crippen molar-refractivity contribution in [2.24, 2.45) is 0 Å². The van der Waals surface area contributed by atoms with Gasteiger partial charge in [-0.2, -0.15) is 0 Å². The summed E-state index contributed by atoms with van der Waals surface area (Å²) in [4.78, 5) is 0. The van der Waals surface area contributed by atoms with Crippen LogP contribution in [0.5, 0.6) is 0 Å². The molecule has 0 bridgehead atoms. The van der Waals surface area contributed by atoms with Crippen molar-refractivity contribution in [1.29, 1.82) is 0 Å². The predicted molar refractivity (Wildman–Crippen MR) is 69.7 cm³/mol. The van der Waals surface area contributed by atoms with Gasteiger partial charge in [-0.15, -0.1) is 0 Å². The van der Waals surface area contributed by atoms with Crippen LogP contribution in [0.4, 0.5) is 0 Å². The molecule has 1 atom stereocenters. The van der Waals surface area contributed by atoms with Gasteiger partial charge in [-0.05, 0) is 20.4 Å². The molecule has 0 rings (SSSR count). The molecule has 0 aromatic carbocycles. The van der Waals surface area contributed by atoms with Crippen molar-refractivity contribution >= 4 is 8.80 Å². The molecule has 17 heavy (non-hydrogen) atoms. The fourth-order valence-corrected chi connectivity index (χ4v) is 4.03. The van der Waals surface area contributed by atoms with Crippen LogP contribution >= 0.6 is 0 Å². The summed E-state index contributed by atoms with van der Waals surface area (Å²) >= 11 is 0. The first-order valence-electron chi connectivity index (χ1n) is 6.04. The summed E-state index contributed by atoms with van der Waals surface area (Å²) in [7, 11) is 3.72. The summed E-state index contributed by atoms with van der Waals surface area (Å²) in [5, 5.41) is 2.39. The molecular weight excluding hydrogens is 238 g/mol. The summed E-state index contributed by atoms with van der Waals surface area (Å²) in [6, 6.07) is 0. The summed E-state index contributed by atoms with van der Waals surface area (Å²) in [6.45, 7) is 4.73. The van der Waals surface area contributed by atoms with E-state index in [0.29, 0.717) is 6.61 Å². The Morgan fingerprint density at radius 2 is 1.59 bits per heavy atom. The summed E-state index contributed by atoms with van der Waals surface area (Å²) in [5.41, 5.74) is 0. The van der Waals surface area contributed by atoms with Crippen LogP contribution in [-0.4, -0.2) is 49.1 Å². The molecule has 0 aliphatic heterocycles. The van der Waals surface area contributed by atoms with Gasteiger partial charge in [0.25, 0.3) is 0 Å². The van der Waals surface area contributed by atoms with Crippen molar-refractivity contribution in [3.05, 3.63) is 0 Å². The molecule has 6 heteroatoms. The van der Waals surface area contributed by atoms with E-state index >= 15 is 0 Å². The minimum absolute atomic E-state index is 0.663. The van der Waals surface area contributed by atoms with Gasteiger partial charge in [0.05, 0.1) is 0 Å². The maximum Gasteiger partial charge on any atom is 0.549 e. The van der Waals surface area contributed by atoms with E-state index in [1.165, 1.54) is 6.42 Å². The van der Waals surface area contributed by atoms with Crippen molar-refractivity contribution in [3.63, 3.8) is 0 Å². The summed E-state index contributed by atoms with van der Waals surface area (Å²) < 4.78 is 22.3. The van der Waals surface area contributed by atoms with Crippen molar-refractivity contribution in [3.8, 4) is 0 Å². The monoisotopic (exact) mass is 265 g/mol. The van der Waals surface area contributed by atoms with E-state index in [1.54, 1.807) is 21.3 Å². The lowest BCUT2D eigenvalue weighted by molar-refractivity contribution is -0.0635. The minimum atomic E-state index is -2.86. The van der Waals surface area contributed by atoms with Crippen molar-refractivity contribution < 1.29 is 18.0 Å². The Bertz CT molecular complexity index is 194. The zero-order valence-electron chi connectivity index (χ0n) is 12.0. The Morgan fingerprint density at radius 3 is 1.94 bits per heavy atom. The standard InChI is InChI=1S/C11H27NO4Si/c1-7-8-9-10-16-11(2,12-3)17(13-4,14-5)15-6/h12H,7-10H2,1-6H3. The van der Waals surface area contributed by atoms with Gasteiger partial charge in [-0.3, -0.25) is 5.32 Å². The molecular formula is C11H27NO4Si. The number of hydrogen-bond acceptors (Lipinski definition) is 5. The smallest absolute Gasteiger partial charge is 0.374 e. The Kier molecular flexibility index (Phi) is 8.19. The summed E-state index contributed by atoms with van der Waals surface area (Å²) in [5.74, 6) is 0. The third-order valence-corrected chi connectivity index (χ3v) is 6.18. The highest BCUT2D eigenvalue weighted by atomic mass is 28.4. The fourth-order valence-electron chi connectivity index (χ4n) is 1.78. The van der Waals surface area contributed by atoms with Gasteiger partial charge in [-0.1, -0.05) is 19.8 Å². The van der Waals surface area contributed by atoms with Gasteiger partial charge >= 0.3 is 8.80 Å². The molecule has 0 fully saturated rings. The number of ether oxygens (including phenoxy) is 1. The molecule has 0 aromatic rings. The lowest BCUT2D eigenvalue weighted by atomic mass is 10.3. The van der Waals surface area contributed by atoms with E-state index in [2.05, 4.69) is 12.2 Å². The Hall–Kier alpha value is 0.0169. The van der Waals surface area contributed by atoms with Crippen LogP contribution in [0.2, 0.25) is 0 Å². The second-order valence-electron chi connectivity index (χ2n) is 4.01. The van der Waals surface area contributed by atoms with Gasteiger partial charge < -0.3 is 18.0 Å². The van der Waals surface area contributed by atoms with E-state index in [4.69, 9.17) is 18.0 Å². The topological polar surface area (TPSA) is 49.0 Å². The van der Waals surface area contributed by atoms with E-state index < -0.39 is 14.2 Å². The molecule has 0 aliphatic carbocycles. The quantitative estimate of drug-likeness (QED) is 0.369. The first-order chi connectivity index (χ1) is 8.05. The normalized spacial score (nSPS) is 15.9. The summed E-state index contributed by atoms with van der Waals surface area (Å²) in [6.07, 6.45) is 3.34. The molecule has 0 saturated carbocycles. The largest absolute Gasteiger partial charge is 0.549 e. The average molecular weight is 265 g/mol. The highest BCUT2D eigenvalue weighted by molar-refractivity contribution is 6.63. The van der Waals surface area contributed by atoms with Crippen LogP contribution < -0.4 is 5.32 Å². The first kappa shape index (κ1) is 17.0. The molecule has 5 nitrogen and oxygen atoms in total. The van der Waals surface area contributed by atoms with Gasteiger partial charge in [-0.25, -0.2) is 0 Å². The van der Waals surface area contributed by atoms with Crippen LogP contribution in [0, 0.1) is 0 Å². The molecule has 104 valence electrons. The van der Waals surface area contributed by atoms with E-state index in [9.17, 15) is 0 Å². The number of hydrogen-bond donors (Lipinski definition) is 1. The van der Waals surface area contributed by atoms with E-state index in [1.807, 2.05) is 14.0 Å². The highest BCUT2D eigenvalue weighted by Crippen LogP contribution is 2.24. The fraction of sp³-hybridized carbons (Fsp3) is 1.00. The van der Waals surface area contributed by atoms with Crippen LogP contribution in [0.15, 0.2) is 0 Å². The van der Waals surface area contributed by atoms with Crippen LogP contribution in [0.3, 0.4) is 0 Å². The number of rotatable bonds is 10. The molecule has 0 aromatic heterocycles. The predicted octanol–water partition coefficient (Wildman–Crippen LogP) is 1.55. The second-order valence-corrected chi connectivity index (χ2v) is 7.30. The van der Waals surface area contributed by atoms with Gasteiger partial charge in [0, 0.05) is 27.9 Å². The third-order valence-electron chi connectivity index (χ3n) is 3.01. The highest BCUT2D eigenvalue weighted by Gasteiger charge is 2.58. The second kappa shape index (κ2) is 8.18. The SMILES string of the molecule is CCCCCOC(C)(NC)[Si](OC)(OC)OC. The molecule has 0 radical (unpaired) electrons. The first-order valence-corrected chi connectivity index (χ1v) is 7.76. The molecule has 1 N–H and O–H groups in total. The van der Waals surface area contributed by atoms with Crippen LogP contribution in [0.1, 0.15) is 33.1 Å². The lowest BCUT2D eigenvalue weighted by Crippen LogP contribution is -2.69. The third kappa shape index (κ3) is 4.01. The van der Waals surface area contributed by atoms with Gasteiger partial charge in [0.2, 0.25) is 0 Å². The van der Waals surface area contributed by atoms with Crippen LogP contribution in [-0.2, 0) is 18.0 Å². The molecule has 0 aliphatic rings. The van der Waals surface area contributed by atoms with E-state index in [-0.39, 0.29) is 0 Å². The molecule has 0 spiro atoms. The van der Waals surface area contributed by atoms with Gasteiger partial charge in [0.1, 0.15) is 0 Å². The minimum Gasteiger partial charge on any atom is -0.374 e. The number of nitrogens with one attached hydrogen (secondary N) is 1. The zero-order valence-corrected chi connectivity index (χ0v) is 13.0. The maximum atomic E-state index is 5.89. The maximum absolute atomic E-state index is 5.89. The van der Waals surface area contributed by atoms with Crippen molar-refractivity contribution in [2.75, 3.05) is 35.0 Å². The molecule has 0 heterocycles. The van der Waals surface area contributed by atoms with E-state index in [0.717, 1.165) is 12.8 Å². The average Bonchev–Trinajstić information content (AvgIpc) is 2.37. The van der Waals surface area contributed by atoms with Crippen molar-refractivity contribution in [2.45, 2.75) is 38.5 Å². The van der Waals surface area contributed by atoms with Crippen molar-refractivity contribution in [1.82, 2.24) is 5.32 Å². The molecule has 0 amide bonds. The molecule has 0 saturated heterocycles. The zero-order chi connectivity index (χ0) is 13.4. The molecule has 1 unspecified atom stereocenters. The number of unbranched alkanes of at least 4 members (excludes halogenated alkanes) is 2. The Morgan fingerprint density at radius 1 is 1.06 bits per heavy atom.